The van der Waals surface area contributed by atoms with Gasteiger partial charge in [-0.05, 0) is 12.8 Å². The van der Waals surface area contributed by atoms with Crippen molar-refractivity contribution >= 4 is 0 Å². The van der Waals surface area contributed by atoms with E-state index in [-0.39, 0.29) is 12.1 Å². The molecule has 3 unspecified atom stereocenters. The second kappa shape index (κ2) is 6.19. The number of rotatable bonds is 5. The third-order valence-corrected chi connectivity index (χ3v) is 2.45. The first kappa shape index (κ1) is 12.6. The molecule has 15 heavy (non-hydrogen) atoms. The second-order valence-electron chi connectivity index (χ2n) is 3.59. The van der Waals surface area contributed by atoms with Crippen LogP contribution < -0.4 is 5.32 Å². The molecule has 0 amide bonds. The second-order valence-corrected chi connectivity index (χ2v) is 3.59. The Morgan fingerprint density at radius 1 is 1.27 bits per heavy atom. The molecule has 0 fully saturated rings. The molecule has 1 aliphatic carbocycles. The first-order valence-corrected chi connectivity index (χ1v) is 5.03. The summed E-state index contributed by atoms with van der Waals surface area (Å²) in [5, 5.41) is 21.9. The maximum absolute atomic E-state index is 9.67. The molecule has 5 nitrogen and oxygen atoms in total. The van der Waals surface area contributed by atoms with Gasteiger partial charge in [-0.3, -0.25) is 5.32 Å². The monoisotopic (exact) mass is 217 g/mol. The summed E-state index contributed by atoms with van der Waals surface area (Å²) in [6, 6.07) is 0.0520. The highest BCUT2D eigenvalue weighted by Gasteiger charge is 2.22. The van der Waals surface area contributed by atoms with Crippen molar-refractivity contribution in [3.8, 4) is 0 Å². The molecule has 1 aliphatic rings. The largest absolute Gasteiger partial charge is 0.389 e. The Kier molecular flexibility index (Phi) is 5.21. The normalized spacial score (nSPS) is 28.3. The summed E-state index contributed by atoms with van der Waals surface area (Å²) in [4.78, 5) is 0. The first-order valence-electron chi connectivity index (χ1n) is 5.03. The van der Waals surface area contributed by atoms with Crippen LogP contribution in [0.5, 0.6) is 0 Å². The highest BCUT2D eigenvalue weighted by atomic mass is 16.7. The van der Waals surface area contributed by atoms with Crippen LogP contribution in [0.1, 0.15) is 12.8 Å². The van der Waals surface area contributed by atoms with E-state index in [4.69, 9.17) is 9.47 Å². The zero-order valence-corrected chi connectivity index (χ0v) is 9.09. The van der Waals surface area contributed by atoms with Gasteiger partial charge in [-0.2, -0.15) is 0 Å². The molecule has 0 heterocycles. The Bertz CT molecular complexity index is 206. The van der Waals surface area contributed by atoms with Crippen molar-refractivity contribution in [2.24, 2.45) is 0 Å². The Hall–Kier alpha value is -0.460. The lowest BCUT2D eigenvalue weighted by Crippen LogP contribution is -2.47. The minimum Gasteiger partial charge on any atom is -0.389 e. The highest BCUT2D eigenvalue weighted by molar-refractivity contribution is 5.02. The van der Waals surface area contributed by atoms with Gasteiger partial charge in [-0.1, -0.05) is 12.2 Å². The van der Waals surface area contributed by atoms with Gasteiger partial charge in [0.15, 0.2) is 12.5 Å². The van der Waals surface area contributed by atoms with Gasteiger partial charge < -0.3 is 19.7 Å². The fraction of sp³-hybridized carbons (Fsp3) is 0.800. The molecule has 88 valence electrons. The lowest BCUT2D eigenvalue weighted by Gasteiger charge is -2.27. The van der Waals surface area contributed by atoms with Gasteiger partial charge in [0.05, 0.1) is 6.10 Å². The van der Waals surface area contributed by atoms with Gasteiger partial charge in [-0.25, -0.2) is 0 Å². The van der Waals surface area contributed by atoms with Gasteiger partial charge >= 0.3 is 0 Å². The highest BCUT2D eigenvalue weighted by Crippen LogP contribution is 2.12. The SMILES string of the molecule is COC(OC)C(O)NC1C=CC(O)CC1. The molecular formula is C10H19NO4. The average Bonchev–Trinajstić information content (AvgIpc) is 2.23. The molecule has 5 heteroatoms. The quantitative estimate of drug-likeness (QED) is 0.431. The van der Waals surface area contributed by atoms with Crippen LogP contribution in [0.4, 0.5) is 0 Å². The predicted octanol–water partition coefficient (Wildman–Crippen LogP) is -0.407. The molecule has 0 aliphatic heterocycles. The summed E-state index contributed by atoms with van der Waals surface area (Å²) < 4.78 is 9.83. The maximum Gasteiger partial charge on any atom is 0.196 e. The van der Waals surface area contributed by atoms with Crippen LogP contribution >= 0.6 is 0 Å². The third-order valence-electron chi connectivity index (χ3n) is 2.45. The number of hydrogen-bond acceptors (Lipinski definition) is 5. The molecule has 0 saturated heterocycles. The van der Waals surface area contributed by atoms with Gasteiger partial charge in [0.2, 0.25) is 0 Å². The van der Waals surface area contributed by atoms with Crippen molar-refractivity contribution in [2.45, 2.75) is 37.5 Å². The van der Waals surface area contributed by atoms with Gasteiger partial charge in [0, 0.05) is 20.3 Å². The summed E-state index contributed by atoms with van der Waals surface area (Å²) in [5.74, 6) is 0. The molecule has 1 rings (SSSR count). The lowest BCUT2D eigenvalue weighted by molar-refractivity contribution is -0.174. The molecule has 0 bridgehead atoms. The van der Waals surface area contributed by atoms with Crippen molar-refractivity contribution in [3.05, 3.63) is 12.2 Å². The van der Waals surface area contributed by atoms with Crippen LogP contribution in [0.15, 0.2) is 12.2 Å². The van der Waals surface area contributed by atoms with E-state index in [9.17, 15) is 10.2 Å². The van der Waals surface area contributed by atoms with Crippen LogP contribution in [0.3, 0.4) is 0 Å². The van der Waals surface area contributed by atoms with E-state index in [2.05, 4.69) is 5.32 Å². The molecule has 3 N–H and O–H groups in total. The van der Waals surface area contributed by atoms with Crippen molar-refractivity contribution in [3.63, 3.8) is 0 Å². The average molecular weight is 217 g/mol. The molecule has 0 radical (unpaired) electrons. The van der Waals surface area contributed by atoms with E-state index < -0.39 is 12.5 Å². The van der Waals surface area contributed by atoms with Gasteiger partial charge in [0.1, 0.15) is 0 Å². The van der Waals surface area contributed by atoms with Crippen molar-refractivity contribution in [1.29, 1.82) is 0 Å². The lowest BCUT2D eigenvalue weighted by atomic mass is 10.0. The van der Waals surface area contributed by atoms with Crippen LogP contribution in [-0.4, -0.2) is 49.1 Å². The third kappa shape index (κ3) is 3.89. The Balaban J connectivity index is 2.37. The number of ether oxygens (including phenoxy) is 2. The van der Waals surface area contributed by atoms with E-state index in [0.717, 1.165) is 6.42 Å². The zero-order chi connectivity index (χ0) is 11.3. The van der Waals surface area contributed by atoms with Gasteiger partial charge in [-0.15, -0.1) is 0 Å². The van der Waals surface area contributed by atoms with E-state index in [1.807, 2.05) is 6.08 Å². The van der Waals surface area contributed by atoms with Crippen molar-refractivity contribution in [1.82, 2.24) is 5.32 Å². The van der Waals surface area contributed by atoms with E-state index >= 15 is 0 Å². The van der Waals surface area contributed by atoms with E-state index in [0.29, 0.717) is 6.42 Å². The van der Waals surface area contributed by atoms with Crippen LogP contribution in [0.25, 0.3) is 0 Å². The van der Waals surface area contributed by atoms with Crippen LogP contribution in [0.2, 0.25) is 0 Å². The molecule has 0 aromatic heterocycles. The molecule has 0 saturated carbocycles. The number of aliphatic hydroxyl groups excluding tert-OH is 2. The van der Waals surface area contributed by atoms with E-state index in [1.54, 1.807) is 6.08 Å². The summed E-state index contributed by atoms with van der Waals surface area (Å²) in [6.07, 6.45) is 3.15. The van der Waals surface area contributed by atoms with Crippen LogP contribution in [0, 0.1) is 0 Å². The first-order chi connectivity index (χ1) is 7.17. The Morgan fingerprint density at radius 2 is 1.93 bits per heavy atom. The van der Waals surface area contributed by atoms with E-state index in [1.165, 1.54) is 14.2 Å². The predicted molar refractivity (Wildman–Crippen MR) is 55.1 cm³/mol. The molecule has 0 aromatic carbocycles. The molecule has 3 atom stereocenters. The maximum atomic E-state index is 9.67. The standard InChI is InChI=1S/C10H19NO4/c1-14-10(15-2)9(13)11-7-3-5-8(12)6-4-7/h3,5,7-13H,4,6H2,1-2H3. The summed E-state index contributed by atoms with van der Waals surface area (Å²) >= 11 is 0. The number of hydrogen-bond donors (Lipinski definition) is 3. The Morgan fingerprint density at radius 3 is 2.40 bits per heavy atom. The fourth-order valence-electron chi connectivity index (χ4n) is 1.60. The Labute approximate surface area is 89.7 Å². The number of aliphatic hydroxyl groups is 2. The topological polar surface area (TPSA) is 71.0 Å². The zero-order valence-electron chi connectivity index (χ0n) is 9.09. The van der Waals surface area contributed by atoms with Gasteiger partial charge in [0.25, 0.3) is 0 Å². The summed E-state index contributed by atoms with van der Waals surface area (Å²) in [7, 11) is 2.94. The minimum atomic E-state index is -0.870. The summed E-state index contributed by atoms with van der Waals surface area (Å²) in [6.45, 7) is 0. The molecule has 0 spiro atoms. The number of methoxy groups -OCH3 is 2. The van der Waals surface area contributed by atoms with Crippen molar-refractivity contribution < 1.29 is 19.7 Å². The summed E-state index contributed by atoms with van der Waals surface area (Å²) in [5.41, 5.74) is 0. The molecule has 0 aromatic rings. The van der Waals surface area contributed by atoms with Crippen molar-refractivity contribution in [2.75, 3.05) is 14.2 Å². The smallest absolute Gasteiger partial charge is 0.196 e. The number of nitrogens with one attached hydrogen (secondary N) is 1. The molecular weight excluding hydrogens is 198 g/mol. The minimum absolute atomic E-state index is 0.0520. The van der Waals surface area contributed by atoms with Crippen LogP contribution in [-0.2, 0) is 9.47 Å². The fourth-order valence-corrected chi connectivity index (χ4v) is 1.60.